The highest BCUT2D eigenvalue weighted by Crippen LogP contribution is 2.31. The van der Waals surface area contributed by atoms with Gasteiger partial charge in [-0.2, -0.15) is 0 Å². The van der Waals surface area contributed by atoms with Crippen LogP contribution < -0.4 is 5.32 Å². The standard InChI is InChI=1S/C13H24N2O3/c1-12(2,3)15-9(7-10(16)18-6)11(17)14-8-13(15,4)5/h9H,7-8H2,1-6H3,(H,14,17). The SMILES string of the molecule is COC(=O)CC1C(=O)NCC(C)(C)N1C(C)(C)C. The van der Waals surface area contributed by atoms with Crippen LogP contribution in [0.25, 0.3) is 0 Å². The van der Waals surface area contributed by atoms with Gasteiger partial charge in [0, 0.05) is 17.6 Å². The van der Waals surface area contributed by atoms with E-state index in [1.54, 1.807) is 0 Å². The fourth-order valence-electron chi connectivity index (χ4n) is 2.85. The lowest BCUT2D eigenvalue weighted by molar-refractivity contribution is -0.152. The molecule has 5 nitrogen and oxygen atoms in total. The van der Waals surface area contributed by atoms with Crippen LogP contribution in [-0.4, -0.2) is 47.6 Å². The van der Waals surface area contributed by atoms with Crippen molar-refractivity contribution in [3.05, 3.63) is 0 Å². The van der Waals surface area contributed by atoms with Crippen molar-refractivity contribution in [2.45, 2.75) is 58.2 Å². The van der Waals surface area contributed by atoms with Crippen LogP contribution >= 0.6 is 0 Å². The summed E-state index contributed by atoms with van der Waals surface area (Å²) in [5.74, 6) is -0.461. The van der Waals surface area contributed by atoms with Gasteiger partial charge in [0.2, 0.25) is 5.91 Å². The number of esters is 1. The molecule has 0 saturated carbocycles. The topological polar surface area (TPSA) is 58.6 Å². The first-order chi connectivity index (χ1) is 8.09. The fraction of sp³-hybridized carbons (Fsp3) is 0.846. The van der Waals surface area contributed by atoms with E-state index >= 15 is 0 Å². The Hall–Kier alpha value is -1.10. The van der Waals surface area contributed by atoms with E-state index in [9.17, 15) is 9.59 Å². The average Bonchev–Trinajstić information content (AvgIpc) is 2.21. The predicted molar refractivity (Wildman–Crippen MR) is 69.1 cm³/mol. The van der Waals surface area contributed by atoms with Crippen molar-refractivity contribution in [3.63, 3.8) is 0 Å². The molecule has 1 N–H and O–H groups in total. The third-order valence-corrected chi connectivity index (χ3v) is 3.27. The first-order valence-corrected chi connectivity index (χ1v) is 6.23. The molecule has 1 amide bonds. The van der Waals surface area contributed by atoms with Gasteiger partial charge in [-0.05, 0) is 34.6 Å². The summed E-state index contributed by atoms with van der Waals surface area (Å²) in [6.45, 7) is 10.9. The van der Waals surface area contributed by atoms with Gasteiger partial charge in [0.15, 0.2) is 0 Å². The first kappa shape index (κ1) is 15.0. The van der Waals surface area contributed by atoms with E-state index in [0.29, 0.717) is 6.54 Å². The van der Waals surface area contributed by atoms with E-state index in [0.717, 1.165) is 0 Å². The molecule has 0 bridgehead atoms. The number of piperazine rings is 1. The fourth-order valence-corrected chi connectivity index (χ4v) is 2.85. The van der Waals surface area contributed by atoms with E-state index in [4.69, 9.17) is 0 Å². The minimum absolute atomic E-state index is 0.0863. The summed E-state index contributed by atoms with van der Waals surface area (Å²) in [6.07, 6.45) is 0.0863. The van der Waals surface area contributed by atoms with Crippen LogP contribution in [0.4, 0.5) is 0 Å². The zero-order chi connectivity index (χ0) is 14.1. The van der Waals surface area contributed by atoms with E-state index in [1.165, 1.54) is 7.11 Å². The van der Waals surface area contributed by atoms with Crippen LogP contribution in [-0.2, 0) is 14.3 Å². The Morgan fingerprint density at radius 2 is 2.06 bits per heavy atom. The molecule has 5 heteroatoms. The third-order valence-electron chi connectivity index (χ3n) is 3.27. The molecular weight excluding hydrogens is 232 g/mol. The van der Waals surface area contributed by atoms with Gasteiger partial charge in [0.25, 0.3) is 0 Å². The van der Waals surface area contributed by atoms with E-state index in [-0.39, 0.29) is 29.4 Å². The summed E-state index contributed by atoms with van der Waals surface area (Å²) in [5, 5.41) is 2.87. The van der Waals surface area contributed by atoms with E-state index in [1.807, 2.05) is 0 Å². The number of methoxy groups -OCH3 is 1. The summed E-state index contributed by atoms with van der Waals surface area (Å²) in [5.41, 5.74) is -0.384. The lowest BCUT2D eigenvalue weighted by atomic mass is 9.87. The van der Waals surface area contributed by atoms with Crippen molar-refractivity contribution in [1.82, 2.24) is 10.2 Å². The first-order valence-electron chi connectivity index (χ1n) is 6.23. The molecule has 0 aromatic rings. The van der Waals surface area contributed by atoms with Crippen LogP contribution in [0.3, 0.4) is 0 Å². The molecule has 0 spiro atoms. The lowest BCUT2D eigenvalue weighted by Gasteiger charge is -2.53. The molecule has 18 heavy (non-hydrogen) atoms. The maximum Gasteiger partial charge on any atom is 0.307 e. The number of nitrogens with one attached hydrogen (secondary N) is 1. The zero-order valence-electron chi connectivity index (χ0n) is 12.2. The van der Waals surface area contributed by atoms with Crippen molar-refractivity contribution < 1.29 is 14.3 Å². The molecule has 0 radical (unpaired) electrons. The van der Waals surface area contributed by atoms with Crippen LogP contribution in [0, 0.1) is 0 Å². The highest BCUT2D eigenvalue weighted by atomic mass is 16.5. The summed E-state index contributed by atoms with van der Waals surface area (Å²) < 4.78 is 4.68. The monoisotopic (exact) mass is 256 g/mol. The average molecular weight is 256 g/mol. The minimum Gasteiger partial charge on any atom is -0.469 e. The molecule has 1 aliphatic heterocycles. The van der Waals surface area contributed by atoms with Gasteiger partial charge >= 0.3 is 5.97 Å². The van der Waals surface area contributed by atoms with Crippen LogP contribution in [0.5, 0.6) is 0 Å². The van der Waals surface area contributed by atoms with Crippen molar-refractivity contribution in [3.8, 4) is 0 Å². The van der Waals surface area contributed by atoms with Crippen molar-refractivity contribution in [2.24, 2.45) is 0 Å². The number of hydrogen-bond donors (Lipinski definition) is 1. The third kappa shape index (κ3) is 3.02. The molecule has 1 fully saturated rings. The van der Waals surface area contributed by atoms with Crippen molar-refractivity contribution >= 4 is 11.9 Å². The molecule has 0 aliphatic carbocycles. The normalized spacial score (nSPS) is 24.6. The Balaban J connectivity index is 3.06. The minimum atomic E-state index is -0.471. The van der Waals surface area contributed by atoms with Gasteiger partial charge in [-0.1, -0.05) is 0 Å². The van der Waals surface area contributed by atoms with E-state index < -0.39 is 6.04 Å². The quantitative estimate of drug-likeness (QED) is 0.747. The second-order valence-electron chi connectivity index (χ2n) is 6.37. The van der Waals surface area contributed by atoms with Crippen LogP contribution in [0.1, 0.15) is 41.0 Å². The predicted octanol–water partition coefficient (Wildman–Crippen LogP) is 0.927. The van der Waals surface area contributed by atoms with Crippen molar-refractivity contribution in [1.29, 1.82) is 0 Å². The summed E-state index contributed by atoms with van der Waals surface area (Å²) in [6, 6.07) is -0.471. The number of nitrogens with zero attached hydrogens (tertiary/aromatic N) is 1. The Morgan fingerprint density at radius 3 is 2.50 bits per heavy atom. The zero-order valence-corrected chi connectivity index (χ0v) is 12.2. The van der Waals surface area contributed by atoms with E-state index in [2.05, 4.69) is 49.6 Å². The van der Waals surface area contributed by atoms with Gasteiger partial charge in [-0.15, -0.1) is 0 Å². The Kier molecular flexibility index (Phi) is 4.05. The molecule has 1 unspecified atom stereocenters. The smallest absolute Gasteiger partial charge is 0.307 e. The number of rotatable bonds is 2. The number of carbonyl (C=O) groups is 2. The molecular formula is C13H24N2O3. The number of hydrogen-bond acceptors (Lipinski definition) is 4. The molecule has 0 aromatic heterocycles. The maximum atomic E-state index is 12.0. The molecule has 1 heterocycles. The Morgan fingerprint density at radius 1 is 1.50 bits per heavy atom. The maximum absolute atomic E-state index is 12.0. The van der Waals surface area contributed by atoms with Crippen molar-refractivity contribution in [2.75, 3.05) is 13.7 Å². The van der Waals surface area contributed by atoms with Gasteiger partial charge < -0.3 is 10.1 Å². The summed E-state index contributed by atoms with van der Waals surface area (Å²) >= 11 is 0. The Bertz CT molecular complexity index is 345. The van der Waals surface area contributed by atoms with Crippen LogP contribution in [0.15, 0.2) is 0 Å². The van der Waals surface area contributed by atoms with Gasteiger partial charge in [-0.25, -0.2) is 0 Å². The highest BCUT2D eigenvalue weighted by molar-refractivity contribution is 5.87. The molecule has 0 aromatic carbocycles. The van der Waals surface area contributed by atoms with Gasteiger partial charge in [-0.3, -0.25) is 14.5 Å². The number of amides is 1. The highest BCUT2D eigenvalue weighted by Gasteiger charge is 2.47. The summed E-state index contributed by atoms with van der Waals surface area (Å²) in [7, 11) is 1.34. The van der Waals surface area contributed by atoms with Gasteiger partial charge in [0.05, 0.1) is 13.5 Å². The largest absolute Gasteiger partial charge is 0.469 e. The molecule has 1 atom stereocenters. The van der Waals surface area contributed by atoms with Gasteiger partial charge in [0.1, 0.15) is 6.04 Å². The second-order valence-corrected chi connectivity index (χ2v) is 6.37. The molecule has 1 saturated heterocycles. The molecule has 1 aliphatic rings. The number of ether oxygens (including phenoxy) is 1. The molecule has 1 rings (SSSR count). The Labute approximate surface area is 109 Å². The molecule has 104 valence electrons. The lowest BCUT2D eigenvalue weighted by Crippen LogP contribution is -2.70. The second kappa shape index (κ2) is 4.88. The van der Waals surface area contributed by atoms with Crippen LogP contribution in [0.2, 0.25) is 0 Å². The summed E-state index contributed by atoms with van der Waals surface area (Å²) in [4.78, 5) is 25.6. The number of carbonyl (C=O) groups excluding carboxylic acids is 2.